The van der Waals surface area contributed by atoms with E-state index in [0.29, 0.717) is 17.8 Å². The van der Waals surface area contributed by atoms with Gasteiger partial charge in [-0.1, -0.05) is 65.9 Å². The minimum atomic E-state index is -0.142. The smallest absolute Gasteiger partial charge is 0.208 e. The molecule has 0 aliphatic carbocycles. The van der Waals surface area contributed by atoms with E-state index in [1.807, 2.05) is 49.4 Å². The topological polar surface area (TPSA) is 36.1 Å². The van der Waals surface area contributed by atoms with Gasteiger partial charge in [-0.25, -0.2) is 0 Å². The predicted molar refractivity (Wildman–Crippen MR) is 117 cm³/mol. The maximum Gasteiger partial charge on any atom is 0.208 e. The summed E-state index contributed by atoms with van der Waals surface area (Å²) in [6.45, 7) is 5.23. The van der Waals surface area contributed by atoms with Crippen LogP contribution in [-0.4, -0.2) is 23.5 Å². The molecule has 1 N–H and O–H groups in total. The van der Waals surface area contributed by atoms with Gasteiger partial charge in [-0.15, -0.1) is 0 Å². The standard InChI is InChI=1S/C24H23ClN2O/c1-17-22(24(28)23(25)18(2)26-17)21-13-11-19(12-14-21)10-7-15-27(3)16-20-8-5-4-6-9-20/h4-6,8-9,11-14H,15-16H2,1-3H3,(H,26,28). The van der Waals surface area contributed by atoms with E-state index in [9.17, 15) is 4.79 Å². The van der Waals surface area contributed by atoms with E-state index in [4.69, 9.17) is 11.6 Å². The molecule has 1 heterocycles. The summed E-state index contributed by atoms with van der Waals surface area (Å²) in [5, 5.41) is 0.242. The normalized spacial score (nSPS) is 10.6. The van der Waals surface area contributed by atoms with Gasteiger partial charge in [-0.2, -0.15) is 0 Å². The summed E-state index contributed by atoms with van der Waals surface area (Å²) in [5.41, 5.74) is 5.00. The third kappa shape index (κ3) is 4.72. The highest BCUT2D eigenvalue weighted by atomic mass is 35.5. The zero-order valence-electron chi connectivity index (χ0n) is 16.3. The van der Waals surface area contributed by atoms with Crippen molar-refractivity contribution >= 4 is 11.6 Å². The molecule has 3 rings (SSSR count). The number of aromatic nitrogens is 1. The van der Waals surface area contributed by atoms with Crippen molar-refractivity contribution in [3.63, 3.8) is 0 Å². The van der Waals surface area contributed by atoms with E-state index in [0.717, 1.165) is 23.4 Å². The van der Waals surface area contributed by atoms with Crippen LogP contribution in [0.3, 0.4) is 0 Å². The quantitative estimate of drug-likeness (QED) is 0.650. The van der Waals surface area contributed by atoms with Crippen LogP contribution >= 0.6 is 11.6 Å². The highest BCUT2D eigenvalue weighted by Crippen LogP contribution is 2.22. The first-order valence-corrected chi connectivity index (χ1v) is 9.54. The summed E-state index contributed by atoms with van der Waals surface area (Å²) in [4.78, 5) is 17.8. The Balaban J connectivity index is 1.70. The van der Waals surface area contributed by atoms with Gasteiger partial charge >= 0.3 is 0 Å². The summed E-state index contributed by atoms with van der Waals surface area (Å²) >= 11 is 6.12. The number of nitrogens with zero attached hydrogens (tertiary/aromatic N) is 1. The number of H-pyrrole nitrogens is 1. The Morgan fingerprint density at radius 1 is 1.00 bits per heavy atom. The molecule has 0 bridgehead atoms. The maximum absolute atomic E-state index is 12.5. The first-order valence-electron chi connectivity index (χ1n) is 9.16. The first-order chi connectivity index (χ1) is 13.5. The van der Waals surface area contributed by atoms with Crippen LogP contribution in [0.15, 0.2) is 59.4 Å². The lowest BCUT2D eigenvalue weighted by Crippen LogP contribution is -2.17. The van der Waals surface area contributed by atoms with Crippen LogP contribution < -0.4 is 5.43 Å². The molecule has 3 nitrogen and oxygen atoms in total. The van der Waals surface area contributed by atoms with Gasteiger partial charge in [0.25, 0.3) is 0 Å². The van der Waals surface area contributed by atoms with E-state index in [1.165, 1.54) is 5.56 Å². The second kappa shape index (κ2) is 8.93. The fraction of sp³-hybridized carbons (Fsp3) is 0.208. The monoisotopic (exact) mass is 390 g/mol. The molecule has 142 valence electrons. The predicted octanol–water partition coefficient (Wildman–Crippen LogP) is 4.80. The van der Waals surface area contributed by atoms with Crippen LogP contribution in [0.1, 0.15) is 22.5 Å². The van der Waals surface area contributed by atoms with Crippen LogP contribution in [0.5, 0.6) is 0 Å². The van der Waals surface area contributed by atoms with Crippen LogP contribution in [0, 0.1) is 25.7 Å². The Morgan fingerprint density at radius 2 is 1.68 bits per heavy atom. The molecule has 0 saturated carbocycles. The Morgan fingerprint density at radius 3 is 2.36 bits per heavy atom. The van der Waals surface area contributed by atoms with Crippen molar-refractivity contribution in [3.05, 3.63) is 92.4 Å². The van der Waals surface area contributed by atoms with Gasteiger partial charge in [0.1, 0.15) is 5.02 Å². The van der Waals surface area contributed by atoms with Crippen LogP contribution in [0.4, 0.5) is 0 Å². The second-order valence-electron chi connectivity index (χ2n) is 6.93. The number of halogens is 1. The van der Waals surface area contributed by atoms with E-state index in [2.05, 4.69) is 40.9 Å². The van der Waals surface area contributed by atoms with Gasteiger partial charge in [0.15, 0.2) is 0 Å². The number of pyridine rings is 1. The van der Waals surface area contributed by atoms with Crippen molar-refractivity contribution in [2.75, 3.05) is 13.6 Å². The Bertz CT molecular complexity index is 1070. The molecule has 0 amide bonds. The average molecular weight is 391 g/mol. The molecule has 0 saturated heterocycles. The highest BCUT2D eigenvalue weighted by Gasteiger charge is 2.12. The number of aromatic amines is 1. The second-order valence-corrected chi connectivity index (χ2v) is 7.31. The lowest BCUT2D eigenvalue weighted by Gasteiger charge is -2.12. The van der Waals surface area contributed by atoms with Crippen molar-refractivity contribution in [1.82, 2.24) is 9.88 Å². The molecule has 3 aromatic rings. The van der Waals surface area contributed by atoms with Crippen LogP contribution in [-0.2, 0) is 6.54 Å². The number of rotatable bonds is 4. The zero-order chi connectivity index (χ0) is 20.1. The molecule has 0 aliphatic heterocycles. The largest absolute Gasteiger partial charge is 0.361 e. The first kappa shape index (κ1) is 19.9. The van der Waals surface area contributed by atoms with Crippen molar-refractivity contribution in [1.29, 1.82) is 0 Å². The molecular weight excluding hydrogens is 368 g/mol. The van der Waals surface area contributed by atoms with Gasteiger partial charge < -0.3 is 4.98 Å². The van der Waals surface area contributed by atoms with Gasteiger partial charge in [0.2, 0.25) is 5.43 Å². The Labute approximate surface area is 171 Å². The summed E-state index contributed by atoms with van der Waals surface area (Å²) in [6, 6.07) is 18.1. The van der Waals surface area contributed by atoms with Crippen molar-refractivity contribution in [2.24, 2.45) is 0 Å². The van der Waals surface area contributed by atoms with Gasteiger partial charge in [0.05, 0.1) is 6.54 Å². The summed E-state index contributed by atoms with van der Waals surface area (Å²) < 4.78 is 0. The molecule has 0 spiro atoms. The van der Waals surface area contributed by atoms with Crippen molar-refractivity contribution in [3.8, 4) is 23.0 Å². The van der Waals surface area contributed by atoms with Crippen LogP contribution in [0.25, 0.3) is 11.1 Å². The Hall–Kier alpha value is -2.80. The molecule has 1 aromatic heterocycles. The molecule has 0 radical (unpaired) electrons. The van der Waals surface area contributed by atoms with E-state index in [-0.39, 0.29) is 10.5 Å². The minimum Gasteiger partial charge on any atom is -0.361 e. The van der Waals surface area contributed by atoms with Crippen molar-refractivity contribution < 1.29 is 0 Å². The lowest BCUT2D eigenvalue weighted by atomic mass is 10.0. The average Bonchev–Trinajstić information content (AvgIpc) is 2.68. The molecule has 0 aliphatic rings. The van der Waals surface area contributed by atoms with Crippen LogP contribution in [0.2, 0.25) is 5.02 Å². The van der Waals surface area contributed by atoms with Crippen molar-refractivity contribution in [2.45, 2.75) is 20.4 Å². The van der Waals surface area contributed by atoms with E-state index in [1.54, 1.807) is 6.92 Å². The molecule has 2 aromatic carbocycles. The van der Waals surface area contributed by atoms with E-state index < -0.39 is 0 Å². The third-order valence-corrected chi connectivity index (χ3v) is 5.01. The zero-order valence-corrected chi connectivity index (χ0v) is 17.1. The molecular formula is C24H23ClN2O. The fourth-order valence-electron chi connectivity index (χ4n) is 3.14. The summed E-state index contributed by atoms with van der Waals surface area (Å²) in [7, 11) is 2.06. The summed E-state index contributed by atoms with van der Waals surface area (Å²) in [6.07, 6.45) is 0. The third-order valence-electron chi connectivity index (χ3n) is 4.56. The molecule has 4 heteroatoms. The fourth-order valence-corrected chi connectivity index (χ4v) is 3.29. The number of benzene rings is 2. The SMILES string of the molecule is Cc1[nH]c(C)c(-c2ccc(C#CCN(C)Cc3ccccc3)cc2)c(=O)c1Cl. The van der Waals surface area contributed by atoms with Gasteiger partial charge in [-0.3, -0.25) is 9.69 Å². The number of nitrogens with one attached hydrogen (secondary N) is 1. The summed E-state index contributed by atoms with van der Waals surface area (Å²) in [5.74, 6) is 6.39. The molecule has 0 unspecified atom stereocenters. The molecule has 28 heavy (non-hydrogen) atoms. The van der Waals surface area contributed by atoms with Gasteiger partial charge in [0, 0.05) is 29.1 Å². The minimum absolute atomic E-state index is 0.142. The van der Waals surface area contributed by atoms with Gasteiger partial charge in [-0.05, 0) is 44.2 Å². The Kier molecular flexibility index (Phi) is 6.36. The lowest BCUT2D eigenvalue weighted by molar-refractivity contribution is 0.369. The maximum atomic E-state index is 12.5. The van der Waals surface area contributed by atoms with E-state index >= 15 is 0 Å². The number of hydrogen-bond acceptors (Lipinski definition) is 2. The number of hydrogen-bond donors (Lipinski definition) is 1. The molecule has 0 atom stereocenters. The molecule has 0 fully saturated rings. The highest BCUT2D eigenvalue weighted by molar-refractivity contribution is 6.31. The number of aryl methyl sites for hydroxylation is 2.